The van der Waals surface area contributed by atoms with Gasteiger partial charge in [0.15, 0.2) is 10.3 Å². The van der Waals surface area contributed by atoms with Crippen LogP contribution in [0, 0.1) is 5.92 Å². The van der Waals surface area contributed by atoms with Gasteiger partial charge in [-0.2, -0.15) is 0 Å². The van der Waals surface area contributed by atoms with Crippen molar-refractivity contribution >= 4 is 34.8 Å². The SMILES string of the molecule is CCCC(CN)C(=O)Nc1c(Cl)ncnc1Cl. The molecule has 0 aromatic carbocycles. The first-order valence-electron chi connectivity index (χ1n) is 5.27. The second-order valence-electron chi connectivity index (χ2n) is 3.54. The summed E-state index contributed by atoms with van der Waals surface area (Å²) >= 11 is 11.6. The average molecular weight is 277 g/mol. The molecule has 0 bridgehead atoms. The molecule has 1 atom stereocenters. The number of nitrogens with zero attached hydrogens (tertiary/aromatic N) is 2. The summed E-state index contributed by atoms with van der Waals surface area (Å²) in [7, 11) is 0. The molecule has 0 saturated heterocycles. The number of hydrogen-bond donors (Lipinski definition) is 2. The Morgan fingerprint density at radius 1 is 1.47 bits per heavy atom. The van der Waals surface area contributed by atoms with Crippen molar-refractivity contribution in [3.63, 3.8) is 0 Å². The number of nitrogens with two attached hydrogens (primary N) is 1. The van der Waals surface area contributed by atoms with Crippen LogP contribution in [-0.4, -0.2) is 22.4 Å². The quantitative estimate of drug-likeness (QED) is 0.807. The van der Waals surface area contributed by atoms with E-state index in [1.807, 2.05) is 6.92 Å². The molecular weight excluding hydrogens is 263 g/mol. The first kappa shape index (κ1) is 14.2. The van der Waals surface area contributed by atoms with Gasteiger partial charge in [-0.3, -0.25) is 4.79 Å². The molecule has 1 aromatic heterocycles. The van der Waals surface area contributed by atoms with Gasteiger partial charge in [-0.1, -0.05) is 36.5 Å². The molecule has 1 unspecified atom stereocenters. The van der Waals surface area contributed by atoms with Crippen LogP contribution in [0.4, 0.5) is 5.69 Å². The predicted molar refractivity (Wildman–Crippen MR) is 68.1 cm³/mol. The summed E-state index contributed by atoms with van der Waals surface area (Å²) in [4.78, 5) is 19.4. The van der Waals surface area contributed by atoms with E-state index in [0.29, 0.717) is 6.42 Å². The summed E-state index contributed by atoms with van der Waals surface area (Å²) in [6.07, 6.45) is 2.82. The van der Waals surface area contributed by atoms with E-state index in [1.165, 1.54) is 6.33 Å². The van der Waals surface area contributed by atoms with Crippen LogP contribution in [0.5, 0.6) is 0 Å². The van der Waals surface area contributed by atoms with Crippen LogP contribution in [0.1, 0.15) is 19.8 Å². The summed E-state index contributed by atoms with van der Waals surface area (Å²) in [5, 5.41) is 2.84. The number of anilines is 1. The van der Waals surface area contributed by atoms with Gasteiger partial charge in [-0.15, -0.1) is 0 Å². The van der Waals surface area contributed by atoms with Gasteiger partial charge < -0.3 is 11.1 Å². The molecule has 17 heavy (non-hydrogen) atoms. The van der Waals surface area contributed by atoms with Gasteiger partial charge >= 0.3 is 0 Å². The van der Waals surface area contributed by atoms with Crippen molar-refractivity contribution in [2.45, 2.75) is 19.8 Å². The fraction of sp³-hybridized carbons (Fsp3) is 0.500. The number of halogens is 2. The van der Waals surface area contributed by atoms with E-state index >= 15 is 0 Å². The Kier molecular flexibility index (Phi) is 5.61. The lowest BCUT2D eigenvalue weighted by Crippen LogP contribution is -2.29. The van der Waals surface area contributed by atoms with Crippen LogP contribution < -0.4 is 11.1 Å². The summed E-state index contributed by atoms with van der Waals surface area (Å²) in [5.74, 6) is -0.472. The van der Waals surface area contributed by atoms with E-state index in [-0.39, 0.29) is 34.4 Å². The molecule has 0 spiro atoms. The first-order chi connectivity index (χ1) is 8.10. The van der Waals surface area contributed by atoms with Crippen molar-refractivity contribution < 1.29 is 4.79 Å². The molecule has 1 heterocycles. The number of nitrogens with one attached hydrogen (secondary N) is 1. The molecule has 3 N–H and O–H groups in total. The molecule has 0 aliphatic rings. The fourth-order valence-electron chi connectivity index (χ4n) is 1.38. The van der Waals surface area contributed by atoms with Crippen LogP contribution >= 0.6 is 23.2 Å². The van der Waals surface area contributed by atoms with Gasteiger partial charge in [0.25, 0.3) is 0 Å². The molecule has 1 amide bonds. The Morgan fingerprint density at radius 2 is 2.06 bits per heavy atom. The highest BCUT2D eigenvalue weighted by Gasteiger charge is 2.19. The lowest BCUT2D eigenvalue weighted by atomic mass is 10.0. The molecule has 0 aliphatic carbocycles. The molecular formula is C10H14Cl2N4O. The lowest BCUT2D eigenvalue weighted by molar-refractivity contribution is -0.119. The zero-order chi connectivity index (χ0) is 12.8. The highest BCUT2D eigenvalue weighted by Crippen LogP contribution is 2.26. The van der Waals surface area contributed by atoms with E-state index in [4.69, 9.17) is 28.9 Å². The van der Waals surface area contributed by atoms with Gasteiger partial charge in [0.2, 0.25) is 5.91 Å². The Labute approximate surface area is 110 Å². The minimum absolute atomic E-state index is 0.116. The molecule has 94 valence electrons. The lowest BCUT2D eigenvalue weighted by Gasteiger charge is -2.14. The number of hydrogen-bond acceptors (Lipinski definition) is 4. The number of carbonyl (C=O) groups excluding carboxylic acids is 1. The molecule has 0 saturated carbocycles. The molecule has 7 heteroatoms. The van der Waals surface area contributed by atoms with E-state index in [1.54, 1.807) is 0 Å². The van der Waals surface area contributed by atoms with E-state index in [0.717, 1.165) is 6.42 Å². The minimum atomic E-state index is -0.257. The zero-order valence-electron chi connectivity index (χ0n) is 9.41. The standard InChI is InChI=1S/C10H14Cl2N4O/c1-2-3-6(4-13)10(17)16-7-8(11)14-5-15-9(7)12/h5-6H,2-4,13H2,1H3,(H,16,17). The molecule has 5 nitrogen and oxygen atoms in total. The third kappa shape index (κ3) is 3.80. The van der Waals surface area contributed by atoms with Crippen LogP contribution in [-0.2, 0) is 4.79 Å². The third-order valence-corrected chi connectivity index (χ3v) is 2.87. The maximum Gasteiger partial charge on any atom is 0.228 e. The molecule has 1 rings (SSSR count). The maximum atomic E-state index is 11.9. The molecule has 0 radical (unpaired) electrons. The Morgan fingerprint density at radius 3 is 2.53 bits per heavy atom. The van der Waals surface area contributed by atoms with Crippen molar-refractivity contribution in [1.29, 1.82) is 0 Å². The van der Waals surface area contributed by atoms with Gasteiger partial charge in [-0.05, 0) is 6.42 Å². The second-order valence-corrected chi connectivity index (χ2v) is 4.26. The van der Waals surface area contributed by atoms with Gasteiger partial charge in [0, 0.05) is 6.54 Å². The summed E-state index contributed by atoms with van der Waals surface area (Å²) in [6, 6.07) is 0. The van der Waals surface area contributed by atoms with Crippen molar-refractivity contribution in [2.75, 3.05) is 11.9 Å². The largest absolute Gasteiger partial charge is 0.330 e. The average Bonchev–Trinajstić information content (AvgIpc) is 2.30. The van der Waals surface area contributed by atoms with Crippen molar-refractivity contribution in [3.05, 3.63) is 16.6 Å². The van der Waals surface area contributed by atoms with E-state index < -0.39 is 0 Å². The smallest absolute Gasteiger partial charge is 0.228 e. The van der Waals surface area contributed by atoms with Gasteiger partial charge in [0.1, 0.15) is 12.0 Å². The highest BCUT2D eigenvalue weighted by molar-refractivity contribution is 6.38. The van der Waals surface area contributed by atoms with E-state index in [9.17, 15) is 4.79 Å². The summed E-state index contributed by atoms with van der Waals surface area (Å²) in [6.45, 7) is 2.27. The Balaban J connectivity index is 2.80. The van der Waals surface area contributed by atoms with E-state index in [2.05, 4.69) is 15.3 Å². The maximum absolute atomic E-state index is 11.9. The topological polar surface area (TPSA) is 80.9 Å². The number of rotatable bonds is 5. The van der Waals surface area contributed by atoms with Crippen LogP contribution in [0.15, 0.2) is 6.33 Å². The first-order valence-corrected chi connectivity index (χ1v) is 6.02. The van der Waals surface area contributed by atoms with Crippen LogP contribution in [0.25, 0.3) is 0 Å². The highest BCUT2D eigenvalue weighted by atomic mass is 35.5. The number of aromatic nitrogens is 2. The van der Waals surface area contributed by atoms with Crippen molar-refractivity contribution in [1.82, 2.24) is 9.97 Å². The molecule has 0 fully saturated rings. The second kappa shape index (κ2) is 6.74. The summed E-state index contributed by atoms with van der Waals surface area (Å²) in [5.41, 5.74) is 5.76. The van der Waals surface area contributed by atoms with Gasteiger partial charge in [-0.25, -0.2) is 9.97 Å². The Hall–Kier alpha value is -0.910. The fourth-order valence-corrected chi connectivity index (χ4v) is 1.79. The number of carbonyl (C=O) groups is 1. The Bertz CT molecular complexity index is 380. The summed E-state index contributed by atoms with van der Waals surface area (Å²) < 4.78 is 0. The van der Waals surface area contributed by atoms with Gasteiger partial charge in [0.05, 0.1) is 5.92 Å². The minimum Gasteiger partial charge on any atom is -0.330 e. The van der Waals surface area contributed by atoms with Crippen LogP contribution in [0.2, 0.25) is 10.3 Å². The molecule has 1 aromatic rings. The zero-order valence-corrected chi connectivity index (χ0v) is 10.9. The third-order valence-electron chi connectivity index (χ3n) is 2.30. The van der Waals surface area contributed by atoms with Crippen molar-refractivity contribution in [3.8, 4) is 0 Å². The number of amides is 1. The monoisotopic (exact) mass is 276 g/mol. The van der Waals surface area contributed by atoms with Crippen molar-refractivity contribution in [2.24, 2.45) is 11.7 Å². The normalized spacial score (nSPS) is 12.2. The molecule has 0 aliphatic heterocycles. The predicted octanol–water partition coefficient (Wildman–Crippen LogP) is 2.10. The van der Waals surface area contributed by atoms with Crippen LogP contribution in [0.3, 0.4) is 0 Å².